The fraction of sp³-hybridized carbons (Fsp3) is 0.588. The quantitative estimate of drug-likeness (QED) is 0.427. The Balaban J connectivity index is 1.69. The molecule has 1 aromatic rings. The highest BCUT2D eigenvalue weighted by atomic mass is 32.2. The van der Waals surface area contributed by atoms with Gasteiger partial charge in [0.25, 0.3) is 0 Å². The van der Waals surface area contributed by atoms with E-state index in [1.54, 1.807) is 7.05 Å². The fourth-order valence-electron chi connectivity index (χ4n) is 2.76. The van der Waals surface area contributed by atoms with Crippen molar-refractivity contribution in [3.63, 3.8) is 0 Å². The first-order chi connectivity index (χ1) is 12.0. The SMILES string of the molecule is CN=C(NCCCNS(C)(=O)=O)N1CCC(Oc2ccccc2)CC1. The Labute approximate surface area is 150 Å². The monoisotopic (exact) mass is 368 g/mol. The molecule has 0 bridgehead atoms. The molecular weight excluding hydrogens is 340 g/mol. The first-order valence-electron chi connectivity index (χ1n) is 8.60. The summed E-state index contributed by atoms with van der Waals surface area (Å²) in [5, 5.41) is 3.29. The molecule has 0 spiro atoms. The summed E-state index contributed by atoms with van der Waals surface area (Å²) in [5.41, 5.74) is 0. The molecule has 0 aromatic heterocycles. The number of benzene rings is 1. The number of sulfonamides is 1. The third-order valence-electron chi connectivity index (χ3n) is 4.00. The average Bonchev–Trinajstić information content (AvgIpc) is 2.59. The number of guanidine groups is 1. The molecule has 0 atom stereocenters. The minimum atomic E-state index is -3.12. The molecule has 140 valence electrons. The minimum Gasteiger partial charge on any atom is -0.490 e. The lowest BCUT2D eigenvalue weighted by Crippen LogP contribution is -2.47. The van der Waals surface area contributed by atoms with Gasteiger partial charge < -0.3 is 15.0 Å². The zero-order valence-electron chi connectivity index (χ0n) is 14.9. The second kappa shape index (κ2) is 9.62. The molecule has 7 nitrogen and oxygen atoms in total. The number of nitrogens with one attached hydrogen (secondary N) is 2. The number of rotatable bonds is 7. The predicted octanol–water partition coefficient (Wildman–Crippen LogP) is 1.04. The maximum absolute atomic E-state index is 11.0. The molecule has 1 fully saturated rings. The van der Waals surface area contributed by atoms with Crippen LogP contribution in [0.15, 0.2) is 35.3 Å². The molecule has 0 saturated carbocycles. The van der Waals surface area contributed by atoms with Crippen LogP contribution in [0.3, 0.4) is 0 Å². The van der Waals surface area contributed by atoms with Gasteiger partial charge in [0.15, 0.2) is 5.96 Å². The maximum atomic E-state index is 11.0. The van der Waals surface area contributed by atoms with Crippen molar-refractivity contribution in [3.8, 4) is 5.75 Å². The van der Waals surface area contributed by atoms with Crippen LogP contribution >= 0.6 is 0 Å². The highest BCUT2D eigenvalue weighted by Crippen LogP contribution is 2.18. The summed E-state index contributed by atoms with van der Waals surface area (Å²) in [6.07, 6.45) is 4.01. The van der Waals surface area contributed by atoms with Gasteiger partial charge in [0.05, 0.1) is 6.26 Å². The molecule has 0 unspecified atom stereocenters. The third-order valence-corrected chi connectivity index (χ3v) is 4.73. The first-order valence-corrected chi connectivity index (χ1v) is 10.5. The van der Waals surface area contributed by atoms with Crippen molar-refractivity contribution in [2.45, 2.75) is 25.4 Å². The van der Waals surface area contributed by atoms with Crippen molar-refractivity contribution < 1.29 is 13.2 Å². The molecule has 0 amide bonds. The van der Waals surface area contributed by atoms with Gasteiger partial charge in [0.2, 0.25) is 10.0 Å². The van der Waals surface area contributed by atoms with Crippen molar-refractivity contribution >= 4 is 16.0 Å². The van der Waals surface area contributed by atoms with E-state index in [1.165, 1.54) is 6.26 Å². The molecule has 0 aliphatic carbocycles. The van der Waals surface area contributed by atoms with E-state index in [0.717, 1.165) is 37.6 Å². The smallest absolute Gasteiger partial charge is 0.208 e. The lowest BCUT2D eigenvalue weighted by atomic mass is 10.1. The Bertz CT molecular complexity index is 641. The highest BCUT2D eigenvalue weighted by molar-refractivity contribution is 7.88. The van der Waals surface area contributed by atoms with Crippen molar-refractivity contribution in [1.82, 2.24) is 14.9 Å². The molecule has 1 aliphatic heterocycles. The number of hydrogen-bond acceptors (Lipinski definition) is 4. The maximum Gasteiger partial charge on any atom is 0.208 e. The van der Waals surface area contributed by atoms with E-state index in [4.69, 9.17) is 4.74 Å². The van der Waals surface area contributed by atoms with Crippen molar-refractivity contribution in [1.29, 1.82) is 0 Å². The standard InChI is InChI=1S/C17H28N4O3S/c1-18-17(19-11-6-12-20-25(2,22)23)21-13-9-16(10-14-21)24-15-7-4-3-5-8-15/h3-5,7-8,16,20H,6,9-14H2,1-2H3,(H,18,19). The van der Waals surface area contributed by atoms with Gasteiger partial charge >= 0.3 is 0 Å². The number of nitrogens with zero attached hydrogens (tertiary/aromatic N) is 2. The molecule has 0 radical (unpaired) electrons. The van der Waals surface area contributed by atoms with Gasteiger partial charge in [-0.15, -0.1) is 0 Å². The summed E-state index contributed by atoms with van der Waals surface area (Å²) in [6.45, 7) is 2.88. The normalized spacial score (nSPS) is 16.7. The van der Waals surface area contributed by atoms with Gasteiger partial charge in [0.1, 0.15) is 11.9 Å². The lowest BCUT2D eigenvalue weighted by molar-refractivity contribution is 0.129. The highest BCUT2D eigenvalue weighted by Gasteiger charge is 2.22. The van der Waals surface area contributed by atoms with E-state index in [0.29, 0.717) is 19.5 Å². The molecule has 25 heavy (non-hydrogen) atoms. The number of ether oxygens (including phenoxy) is 1. The number of para-hydroxylation sites is 1. The van der Waals surface area contributed by atoms with Gasteiger partial charge in [-0.3, -0.25) is 4.99 Å². The summed E-state index contributed by atoms with van der Waals surface area (Å²) in [5.74, 6) is 1.78. The zero-order chi connectivity index (χ0) is 18.1. The van der Waals surface area contributed by atoms with E-state index in [9.17, 15) is 8.42 Å². The van der Waals surface area contributed by atoms with Crippen LogP contribution in [-0.4, -0.2) is 64.9 Å². The number of aliphatic imine (C=N–C) groups is 1. The van der Waals surface area contributed by atoms with E-state index < -0.39 is 10.0 Å². The van der Waals surface area contributed by atoms with Crippen LogP contribution in [0.4, 0.5) is 0 Å². The van der Waals surface area contributed by atoms with Crippen LogP contribution in [0, 0.1) is 0 Å². The fourth-order valence-corrected chi connectivity index (χ4v) is 3.27. The Kier molecular flexibility index (Phi) is 7.52. The summed E-state index contributed by atoms with van der Waals surface area (Å²) in [6, 6.07) is 9.91. The molecular formula is C17H28N4O3S. The van der Waals surface area contributed by atoms with Gasteiger partial charge in [-0.05, 0) is 18.6 Å². The van der Waals surface area contributed by atoms with Gasteiger partial charge in [-0.2, -0.15) is 0 Å². The summed E-state index contributed by atoms with van der Waals surface area (Å²) in [7, 11) is -1.35. The molecule has 1 aliphatic rings. The van der Waals surface area contributed by atoms with Gasteiger partial charge in [-0.1, -0.05) is 18.2 Å². The van der Waals surface area contributed by atoms with E-state index in [-0.39, 0.29) is 6.10 Å². The van der Waals surface area contributed by atoms with E-state index in [1.807, 2.05) is 30.3 Å². The van der Waals surface area contributed by atoms with Crippen molar-refractivity contribution in [2.75, 3.05) is 39.5 Å². The van der Waals surface area contributed by atoms with E-state index >= 15 is 0 Å². The lowest BCUT2D eigenvalue weighted by Gasteiger charge is -2.34. The van der Waals surface area contributed by atoms with Crippen LogP contribution in [0.5, 0.6) is 5.75 Å². The third kappa shape index (κ3) is 7.31. The summed E-state index contributed by atoms with van der Waals surface area (Å²) in [4.78, 5) is 6.54. The first kappa shape index (κ1) is 19.5. The Morgan fingerprint density at radius 2 is 1.92 bits per heavy atom. The van der Waals surface area contributed by atoms with Crippen LogP contribution in [0.25, 0.3) is 0 Å². The average molecular weight is 369 g/mol. The largest absolute Gasteiger partial charge is 0.490 e. The van der Waals surface area contributed by atoms with Crippen molar-refractivity contribution in [2.24, 2.45) is 4.99 Å². The van der Waals surface area contributed by atoms with Crippen LogP contribution in [-0.2, 0) is 10.0 Å². The van der Waals surface area contributed by atoms with Crippen LogP contribution in [0.2, 0.25) is 0 Å². The minimum absolute atomic E-state index is 0.232. The topological polar surface area (TPSA) is 83.0 Å². The summed E-state index contributed by atoms with van der Waals surface area (Å²) >= 11 is 0. The Morgan fingerprint density at radius 1 is 1.24 bits per heavy atom. The molecule has 1 saturated heterocycles. The Hall–Kier alpha value is -1.80. The molecule has 1 heterocycles. The van der Waals surface area contributed by atoms with Gasteiger partial charge in [-0.25, -0.2) is 13.1 Å². The predicted molar refractivity (Wildman–Crippen MR) is 100 cm³/mol. The van der Waals surface area contributed by atoms with Gasteiger partial charge in [0, 0.05) is 46.1 Å². The van der Waals surface area contributed by atoms with Crippen molar-refractivity contribution in [3.05, 3.63) is 30.3 Å². The number of piperidine rings is 1. The molecule has 8 heteroatoms. The molecule has 1 aromatic carbocycles. The summed E-state index contributed by atoms with van der Waals surface area (Å²) < 4.78 is 30.5. The second-order valence-corrected chi connectivity index (χ2v) is 7.94. The number of hydrogen-bond donors (Lipinski definition) is 2. The van der Waals surface area contributed by atoms with Crippen LogP contribution in [0.1, 0.15) is 19.3 Å². The van der Waals surface area contributed by atoms with E-state index in [2.05, 4.69) is 19.9 Å². The Morgan fingerprint density at radius 3 is 2.52 bits per heavy atom. The molecule has 2 rings (SSSR count). The molecule has 2 N–H and O–H groups in total. The zero-order valence-corrected chi connectivity index (χ0v) is 15.8. The number of likely N-dealkylation sites (tertiary alicyclic amines) is 1. The second-order valence-electron chi connectivity index (χ2n) is 6.11. The van der Waals surface area contributed by atoms with Crippen LogP contribution < -0.4 is 14.8 Å².